The number of para-hydroxylation sites is 2. The second-order valence-corrected chi connectivity index (χ2v) is 8.02. The fraction of sp³-hybridized carbons (Fsp3) is 0.480. The standard InChI is InChI=1S/C25H32F3N3O4.2ClH/c1-17(30-8-12-34-21-5-2-3-6-22(21)35-16-25(26,27)28)13-18-14-19-7-10-31(9-4-11-32)23(19)20(15-18)24(29)33;;/h2-3,5-6,14-15,17,30,32H,4,7-13,16H2,1H3,(H2,29,33);2*1H/t17-;;/m1../s1/i4D2,9D2,11D2;;. The quantitative estimate of drug-likeness (QED) is 0.314. The first-order valence-electron chi connectivity index (χ1n) is 14.0. The summed E-state index contributed by atoms with van der Waals surface area (Å²) in [5.41, 5.74) is 6.80. The Morgan fingerprint density at radius 1 is 1.24 bits per heavy atom. The van der Waals surface area contributed by atoms with Crippen molar-refractivity contribution in [2.24, 2.45) is 5.73 Å². The molecule has 7 nitrogen and oxygen atoms in total. The lowest BCUT2D eigenvalue weighted by molar-refractivity contribution is -0.153. The molecule has 0 spiro atoms. The van der Waals surface area contributed by atoms with Crippen molar-refractivity contribution in [2.75, 3.05) is 44.3 Å². The molecule has 2 aromatic rings. The van der Waals surface area contributed by atoms with Crippen LogP contribution in [0.15, 0.2) is 36.4 Å². The number of rotatable bonds is 13. The molecule has 1 amide bonds. The molecule has 0 aliphatic carbocycles. The van der Waals surface area contributed by atoms with Crippen LogP contribution in [-0.4, -0.2) is 62.6 Å². The highest BCUT2D eigenvalue weighted by Gasteiger charge is 2.29. The first-order valence-corrected chi connectivity index (χ1v) is 11.0. The van der Waals surface area contributed by atoms with E-state index in [2.05, 4.69) is 5.32 Å². The van der Waals surface area contributed by atoms with Gasteiger partial charge < -0.3 is 30.5 Å². The third kappa shape index (κ3) is 9.77. The Kier molecular flexibility index (Phi) is 9.68. The van der Waals surface area contributed by atoms with Crippen molar-refractivity contribution in [1.29, 1.82) is 0 Å². The highest BCUT2D eigenvalue weighted by molar-refractivity contribution is 6.00. The van der Waals surface area contributed by atoms with Gasteiger partial charge in [-0.25, -0.2) is 0 Å². The molecule has 0 radical (unpaired) electrons. The first kappa shape index (κ1) is 23.7. The van der Waals surface area contributed by atoms with Crippen LogP contribution in [0.5, 0.6) is 11.5 Å². The van der Waals surface area contributed by atoms with Gasteiger partial charge in [0.2, 0.25) is 0 Å². The number of ether oxygens (including phenoxy) is 2. The normalized spacial score (nSPS) is 16.8. The molecule has 1 aliphatic heterocycles. The Balaban J connectivity index is 0.00000462. The van der Waals surface area contributed by atoms with E-state index in [9.17, 15) is 23.1 Å². The number of primary amides is 1. The van der Waals surface area contributed by atoms with E-state index in [-0.39, 0.29) is 73.2 Å². The molecule has 0 bridgehead atoms. The van der Waals surface area contributed by atoms with E-state index in [4.69, 9.17) is 23.4 Å². The number of benzene rings is 2. The summed E-state index contributed by atoms with van der Waals surface area (Å²) in [4.78, 5) is 13.3. The Morgan fingerprint density at radius 3 is 2.54 bits per heavy atom. The van der Waals surface area contributed by atoms with Gasteiger partial charge in [0.05, 0.1) is 14.0 Å². The van der Waals surface area contributed by atoms with Crippen molar-refractivity contribution in [2.45, 2.75) is 38.4 Å². The summed E-state index contributed by atoms with van der Waals surface area (Å²) < 4.78 is 95.1. The molecular weight excluding hydrogens is 534 g/mol. The number of nitrogens with two attached hydrogens (primary N) is 1. The van der Waals surface area contributed by atoms with Crippen LogP contribution < -0.4 is 25.4 Å². The number of carbonyl (C=O) groups is 1. The number of nitrogens with one attached hydrogen (secondary N) is 1. The van der Waals surface area contributed by atoms with Crippen LogP contribution in [0.1, 0.15) is 43.0 Å². The van der Waals surface area contributed by atoms with Crippen molar-refractivity contribution >= 4 is 36.4 Å². The predicted octanol–water partition coefficient (Wildman–Crippen LogP) is 3.91. The highest BCUT2D eigenvalue weighted by atomic mass is 35.5. The zero-order valence-electron chi connectivity index (χ0n) is 25.9. The third-order valence-corrected chi connectivity index (χ3v) is 5.27. The summed E-state index contributed by atoms with van der Waals surface area (Å²) in [7, 11) is 0. The molecule has 2 aromatic carbocycles. The van der Waals surface area contributed by atoms with Gasteiger partial charge in [0, 0.05) is 37.7 Å². The summed E-state index contributed by atoms with van der Waals surface area (Å²) in [6.07, 6.45) is -7.19. The molecule has 1 heterocycles. The van der Waals surface area contributed by atoms with E-state index in [0.29, 0.717) is 24.1 Å². The van der Waals surface area contributed by atoms with Gasteiger partial charge in [0.1, 0.15) is 6.61 Å². The number of halogens is 5. The molecular formula is C25H34Cl2F3N3O4. The minimum absolute atomic E-state index is 0. The average molecular weight is 575 g/mol. The van der Waals surface area contributed by atoms with Crippen LogP contribution in [0.4, 0.5) is 18.9 Å². The number of alkyl halides is 3. The van der Waals surface area contributed by atoms with Gasteiger partial charge in [-0.2, -0.15) is 13.2 Å². The maximum Gasteiger partial charge on any atom is 0.422 e. The number of fused-ring (bicyclic) bond motifs is 1. The lowest BCUT2D eigenvalue weighted by atomic mass is 9.98. The molecule has 0 aromatic heterocycles. The number of carbonyl (C=O) groups excluding carboxylic acids is 1. The van der Waals surface area contributed by atoms with Crippen molar-refractivity contribution < 1.29 is 40.8 Å². The second kappa shape index (κ2) is 15.1. The van der Waals surface area contributed by atoms with Gasteiger partial charge in [0.15, 0.2) is 18.1 Å². The van der Waals surface area contributed by atoms with Crippen molar-refractivity contribution in [3.8, 4) is 11.5 Å². The van der Waals surface area contributed by atoms with E-state index >= 15 is 0 Å². The minimum atomic E-state index is -4.48. The number of amides is 1. The van der Waals surface area contributed by atoms with Gasteiger partial charge in [-0.1, -0.05) is 18.2 Å². The minimum Gasteiger partial charge on any atom is -0.488 e. The second-order valence-electron chi connectivity index (χ2n) is 8.02. The lowest BCUT2D eigenvalue weighted by Crippen LogP contribution is -2.32. The summed E-state index contributed by atoms with van der Waals surface area (Å²) >= 11 is 0. The fourth-order valence-electron chi connectivity index (χ4n) is 3.86. The maximum absolute atomic E-state index is 12.5. The number of hydrogen-bond acceptors (Lipinski definition) is 6. The molecule has 208 valence electrons. The molecule has 0 saturated heterocycles. The number of nitrogens with zero attached hydrogens (tertiary/aromatic N) is 1. The van der Waals surface area contributed by atoms with Crippen LogP contribution >= 0.6 is 24.8 Å². The molecule has 3 rings (SSSR count). The number of aliphatic hydroxyl groups is 1. The molecule has 4 N–H and O–H groups in total. The smallest absolute Gasteiger partial charge is 0.422 e. The summed E-state index contributed by atoms with van der Waals surface area (Å²) in [6, 6.07) is 9.07. The van der Waals surface area contributed by atoms with Crippen molar-refractivity contribution in [3.05, 3.63) is 53.1 Å². The van der Waals surface area contributed by atoms with Gasteiger partial charge in [-0.3, -0.25) is 4.79 Å². The molecule has 37 heavy (non-hydrogen) atoms. The predicted molar refractivity (Wildman–Crippen MR) is 142 cm³/mol. The summed E-state index contributed by atoms with van der Waals surface area (Å²) in [5.74, 6) is -0.741. The van der Waals surface area contributed by atoms with Crippen molar-refractivity contribution in [1.82, 2.24) is 5.32 Å². The van der Waals surface area contributed by atoms with Crippen LogP contribution in [0.3, 0.4) is 0 Å². The first-order chi connectivity index (χ1) is 18.8. The molecule has 1 aliphatic rings. The Hall–Kier alpha value is -2.40. The zero-order valence-corrected chi connectivity index (χ0v) is 21.6. The highest BCUT2D eigenvalue weighted by Crippen LogP contribution is 2.33. The SMILES string of the molecule is Cl.Cl.[2H]C([2H])(O)C([2H])([2H])C([2H])([2H])N1CCc2cc(C[C@@H](C)NCCOc3ccccc3OCC(F)(F)F)cc(C(N)=O)c21. The molecule has 12 heteroatoms. The fourth-order valence-corrected chi connectivity index (χ4v) is 3.86. The van der Waals surface area contributed by atoms with E-state index in [1.165, 1.54) is 24.3 Å². The maximum atomic E-state index is 12.5. The monoisotopic (exact) mass is 573 g/mol. The van der Waals surface area contributed by atoms with Gasteiger partial charge in [-0.15, -0.1) is 24.8 Å². The van der Waals surface area contributed by atoms with Gasteiger partial charge >= 0.3 is 6.18 Å². The van der Waals surface area contributed by atoms with E-state index in [1.807, 2.05) is 6.92 Å². The molecule has 0 saturated carbocycles. The van der Waals surface area contributed by atoms with E-state index < -0.39 is 38.1 Å². The van der Waals surface area contributed by atoms with Gasteiger partial charge in [0.25, 0.3) is 5.91 Å². The van der Waals surface area contributed by atoms with Crippen molar-refractivity contribution in [3.63, 3.8) is 0 Å². The molecule has 0 unspecified atom stereocenters. The van der Waals surface area contributed by atoms with Gasteiger partial charge in [-0.05, 0) is 55.5 Å². The third-order valence-electron chi connectivity index (χ3n) is 5.27. The zero-order chi connectivity index (χ0) is 30.8. The van der Waals surface area contributed by atoms with E-state index in [0.717, 1.165) is 4.90 Å². The summed E-state index contributed by atoms with van der Waals surface area (Å²) in [5, 5.41) is 12.9. The van der Waals surface area contributed by atoms with Crippen LogP contribution in [-0.2, 0) is 12.8 Å². The largest absolute Gasteiger partial charge is 0.488 e. The summed E-state index contributed by atoms with van der Waals surface area (Å²) in [6.45, 7) is -5.72. The Bertz CT molecular complexity index is 1260. The molecule has 1 atom stereocenters. The number of hydrogen-bond donors (Lipinski definition) is 3. The number of anilines is 1. The lowest BCUT2D eigenvalue weighted by Gasteiger charge is -2.22. The Morgan fingerprint density at radius 2 is 1.92 bits per heavy atom. The van der Waals surface area contributed by atoms with Crippen LogP contribution in [0.2, 0.25) is 0 Å². The topological polar surface area (TPSA) is 97.1 Å². The van der Waals surface area contributed by atoms with Crippen LogP contribution in [0.25, 0.3) is 0 Å². The van der Waals surface area contributed by atoms with E-state index in [1.54, 1.807) is 12.1 Å². The average Bonchev–Trinajstić information content (AvgIpc) is 3.29. The van der Waals surface area contributed by atoms with Crippen LogP contribution in [0, 0.1) is 0 Å². The molecule has 0 fully saturated rings. The Labute approximate surface area is 235 Å².